The van der Waals surface area contributed by atoms with Crippen molar-refractivity contribution in [3.05, 3.63) is 66.0 Å². The molecule has 1 aromatic carbocycles. The van der Waals surface area contributed by atoms with Gasteiger partial charge in [0.1, 0.15) is 5.75 Å². The first-order chi connectivity index (χ1) is 10.2. The molecule has 0 amide bonds. The average Bonchev–Trinajstić information content (AvgIpc) is 2.52. The second-order valence-corrected chi connectivity index (χ2v) is 4.19. The summed E-state index contributed by atoms with van der Waals surface area (Å²) in [7, 11) is 0. The molecule has 0 saturated carbocycles. The van der Waals surface area contributed by atoms with E-state index in [-0.39, 0.29) is 6.79 Å². The van der Waals surface area contributed by atoms with E-state index in [9.17, 15) is 4.79 Å². The Bertz CT molecular complexity index is 593. The minimum absolute atomic E-state index is 0.126. The first-order valence-corrected chi connectivity index (χ1v) is 6.35. The predicted molar refractivity (Wildman–Crippen MR) is 77.6 cm³/mol. The van der Waals surface area contributed by atoms with Crippen molar-refractivity contribution in [3.8, 4) is 5.75 Å². The van der Waals surface area contributed by atoms with Crippen LogP contribution < -0.4 is 4.74 Å². The number of aliphatic carboxylic acids is 1. The molecule has 0 bridgehead atoms. The van der Waals surface area contributed by atoms with E-state index in [1.807, 2.05) is 30.3 Å². The lowest BCUT2D eigenvalue weighted by Crippen LogP contribution is -2.03. The molecule has 21 heavy (non-hydrogen) atoms. The summed E-state index contributed by atoms with van der Waals surface area (Å²) in [6.07, 6.45) is 3.97. The third kappa shape index (κ3) is 5.46. The van der Waals surface area contributed by atoms with Crippen molar-refractivity contribution in [3.63, 3.8) is 0 Å². The van der Waals surface area contributed by atoms with Gasteiger partial charge in [-0.2, -0.15) is 0 Å². The fourth-order valence-electron chi connectivity index (χ4n) is 1.58. The number of carboxylic acids is 1. The lowest BCUT2D eigenvalue weighted by molar-refractivity contribution is -0.131. The molecule has 1 N–H and O–H groups in total. The Morgan fingerprint density at radius 2 is 2.00 bits per heavy atom. The van der Waals surface area contributed by atoms with Crippen molar-refractivity contribution >= 4 is 12.0 Å². The molecule has 0 unspecified atom stereocenters. The zero-order valence-electron chi connectivity index (χ0n) is 11.3. The Balaban J connectivity index is 1.75. The molecule has 1 aromatic heterocycles. The molecule has 1 heterocycles. The molecule has 0 fully saturated rings. The first kappa shape index (κ1) is 14.7. The van der Waals surface area contributed by atoms with Crippen LogP contribution in [-0.2, 0) is 16.1 Å². The minimum Gasteiger partial charge on any atom is -0.478 e. The molecular weight excluding hydrogens is 270 g/mol. The molecule has 0 aliphatic heterocycles. The van der Waals surface area contributed by atoms with Gasteiger partial charge in [0.25, 0.3) is 0 Å². The Labute approximate surface area is 122 Å². The van der Waals surface area contributed by atoms with E-state index in [0.29, 0.717) is 18.1 Å². The summed E-state index contributed by atoms with van der Waals surface area (Å²) in [6, 6.07) is 13.2. The van der Waals surface area contributed by atoms with Gasteiger partial charge in [-0.1, -0.05) is 30.3 Å². The van der Waals surface area contributed by atoms with Crippen LogP contribution in [0.15, 0.2) is 54.7 Å². The maximum absolute atomic E-state index is 10.4. The molecule has 5 nitrogen and oxygen atoms in total. The highest BCUT2D eigenvalue weighted by Crippen LogP contribution is 2.10. The van der Waals surface area contributed by atoms with Crippen molar-refractivity contribution in [2.75, 3.05) is 6.79 Å². The average molecular weight is 285 g/mol. The smallest absolute Gasteiger partial charge is 0.328 e. The Morgan fingerprint density at radius 3 is 2.67 bits per heavy atom. The normalized spacial score (nSPS) is 10.7. The van der Waals surface area contributed by atoms with Crippen LogP contribution >= 0.6 is 0 Å². The van der Waals surface area contributed by atoms with Crippen molar-refractivity contribution < 1.29 is 19.4 Å². The molecule has 2 aromatic rings. The third-order valence-electron chi connectivity index (χ3n) is 2.58. The summed E-state index contributed by atoms with van der Waals surface area (Å²) in [6.45, 7) is 0.606. The van der Waals surface area contributed by atoms with Gasteiger partial charge in [0.15, 0.2) is 6.79 Å². The van der Waals surface area contributed by atoms with Crippen molar-refractivity contribution in [2.45, 2.75) is 6.61 Å². The van der Waals surface area contributed by atoms with E-state index in [1.54, 1.807) is 12.1 Å². The molecular formula is C16H15NO4. The van der Waals surface area contributed by atoms with Crippen LogP contribution in [0.2, 0.25) is 0 Å². The van der Waals surface area contributed by atoms with Gasteiger partial charge < -0.3 is 14.6 Å². The Morgan fingerprint density at radius 1 is 1.19 bits per heavy atom. The summed E-state index contributed by atoms with van der Waals surface area (Å²) < 4.78 is 10.8. The van der Waals surface area contributed by atoms with Crippen molar-refractivity contribution in [1.82, 2.24) is 4.98 Å². The quantitative estimate of drug-likeness (QED) is 0.481. The number of carboxylic acid groups (broad SMARTS) is 1. The lowest BCUT2D eigenvalue weighted by atomic mass is 10.2. The molecule has 0 atom stereocenters. The van der Waals surface area contributed by atoms with Crippen LogP contribution in [-0.4, -0.2) is 22.9 Å². The van der Waals surface area contributed by atoms with Crippen LogP contribution in [0.3, 0.4) is 0 Å². The lowest BCUT2D eigenvalue weighted by Gasteiger charge is -2.07. The van der Waals surface area contributed by atoms with Gasteiger partial charge in [-0.05, 0) is 23.8 Å². The fraction of sp³-hybridized carbons (Fsp3) is 0.125. The zero-order valence-corrected chi connectivity index (χ0v) is 11.3. The van der Waals surface area contributed by atoms with E-state index in [1.165, 1.54) is 12.3 Å². The Hall–Kier alpha value is -2.66. The molecule has 0 aliphatic rings. The number of hydrogen-bond acceptors (Lipinski definition) is 4. The first-order valence-electron chi connectivity index (χ1n) is 6.35. The summed E-state index contributed by atoms with van der Waals surface area (Å²) in [4.78, 5) is 14.4. The van der Waals surface area contributed by atoms with Gasteiger partial charge in [0.2, 0.25) is 0 Å². The van der Waals surface area contributed by atoms with Crippen LogP contribution in [0.5, 0.6) is 5.75 Å². The van der Waals surface area contributed by atoms with Gasteiger partial charge in [-0.15, -0.1) is 0 Å². The predicted octanol–water partition coefficient (Wildman–Crippen LogP) is 2.73. The standard InChI is InChI=1S/C16H15NO4/c18-16(19)9-7-14-6-8-15(10-17-14)21-12-20-11-13-4-2-1-3-5-13/h1-10H,11-12H2,(H,18,19)/b9-7+. The molecule has 0 saturated heterocycles. The van der Waals surface area contributed by atoms with Crippen LogP contribution in [0.4, 0.5) is 0 Å². The topological polar surface area (TPSA) is 68.7 Å². The number of pyridine rings is 1. The number of hydrogen-bond donors (Lipinski definition) is 1. The van der Waals surface area contributed by atoms with Gasteiger partial charge >= 0.3 is 5.97 Å². The monoisotopic (exact) mass is 285 g/mol. The number of nitrogens with zero attached hydrogens (tertiary/aromatic N) is 1. The van der Waals surface area contributed by atoms with E-state index in [4.69, 9.17) is 14.6 Å². The van der Waals surface area contributed by atoms with Gasteiger partial charge in [0, 0.05) is 6.08 Å². The molecule has 108 valence electrons. The largest absolute Gasteiger partial charge is 0.478 e. The Kier molecular flexibility index (Phi) is 5.49. The summed E-state index contributed by atoms with van der Waals surface area (Å²) in [5.41, 5.74) is 1.63. The number of aromatic nitrogens is 1. The van der Waals surface area contributed by atoms with Gasteiger partial charge in [-0.25, -0.2) is 4.79 Å². The molecule has 5 heteroatoms. The van der Waals surface area contributed by atoms with E-state index in [0.717, 1.165) is 11.6 Å². The van der Waals surface area contributed by atoms with Crippen LogP contribution in [0, 0.1) is 0 Å². The number of ether oxygens (including phenoxy) is 2. The summed E-state index contributed by atoms with van der Waals surface area (Å²) >= 11 is 0. The highest BCUT2D eigenvalue weighted by atomic mass is 16.7. The van der Waals surface area contributed by atoms with Crippen molar-refractivity contribution in [2.24, 2.45) is 0 Å². The van der Waals surface area contributed by atoms with E-state index < -0.39 is 5.97 Å². The maximum atomic E-state index is 10.4. The number of benzene rings is 1. The molecule has 0 aliphatic carbocycles. The van der Waals surface area contributed by atoms with Gasteiger partial charge in [0.05, 0.1) is 18.5 Å². The third-order valence-corrected chi connectivity index (χ3v) is 2.58. The van der Waals surface area contributed by atoms with Crippen LogP contribution in [0.1, 0.15) is 11.3 Å². The molecule has 2 rings (SSSR count). The van der Waals surface area contributed by atoms with E-state index in [2.05, 4.69) is 4.98 Å². The second kappa shape index (κ2) is 7.81. The minimum atomic E-state index is -1.01. The SMILES string of the molecule is O=C(O)/C=C/c1ccc(OCOCc2ccccc2)cn1. The fourth-order valence-corrected chi connectivity index (χ4v) is 1.58. The summed E-state index contributed by atoms with van der Waals surface area (Å²) in [5.74, 6) is -0.443. The maximum Gasteiger partial charge on any atom is 0.328 e. The molecule has 0 spiro atoms. The van der Waals surface area contributed by atoms with Gasteiger partial charge in [-0.3, -0.25) is 4.98 Å². The zero-order chi connectivity index (χ0) is 14.9. The highest BCUT2D eigenvalue weighted by Gasteiger charge is 1.96. The number of carbonyl (C=O) groups is 1. The van der Waals surface area contributed by atoms with E-state index >= 15 is 0 Å². The highest BCUT2D eigenvalue weighted by molar-refractivity contribution is 5.84. The number of rotatable bonds is 7. The second-order valence-electron chi connectivity index (χ2n) is 4.19. The summed E-state index contributed by atoms with van der Waals surface area (Å²) in [5, 5.41) is 8.51. The molecule has 0 radical (unpaired) electrons. The van der Waals surface area contributed by atoms with Crippen LogP contribution in [0.25, 0.3) is 6.08 Å². The van der Waals surface area contributed by atoms with Crippen molar-refractivity contribution in [1.29, 1.82) is 0 Å².